The van der Waals surface area contributed by atoms with Gasteiger partial charge in [0.2, 0.25) is 5.91 Å². The first-order valence-electron chi connectivity index (χ1n) is 7.37. The van der Waals surface area contributed by atoms with Gasteiger partial charge in [-0.15, -0.1) is 11.8 Å². The summed E-state index contributed by atoms with van der Waals surface area (Å²) in [7, 11) is 0. The summed E-state index contributed by atoms with van der Waals surface area (Å²) in [6.45, 7) is 2.06. The Morgan fingerprint density at radius 1 is 1.35 bits per heavy atom. The monoisotopic (exact) mass is 290 g/mol. The molecule has 2 N–H and O–H groups in total. The van der Waals surface area contributed by atoms with Crippen LogP contribution in [-0.2, 0) is 4.79 Å². The van der Waals surface area contributed by atoms with Crippen LogP contribution in [0, 0.1) is 5.92 Å². The van der Waals surface area contributed by atoms with Gasteiger partial charge in [0.1, 0.15) is 0 Å². The molecule has 0 spiro atoms. The van der Waals surface area contributed by atoms with Crippen LogP contribution in [0.4, 0.5) is 0 Å². The molecular formula is C16H22N2OS. The number of thioether (sulfide) groups is 1. The average molecular weight is 290 g/mol. The zero-order chi connectivity index (χ0) is 14.1. The SMILES string of the molecule is CSc1ccc(C(C)NC(=O)C2CC3CCC2N3)cc1. The van der Waals surface area contributed by atoms with Gasteiger partial charge in [-0.05, 0) is 50.1 Å². The number of hydrogen-bond acceptors (Lipinski definition) is 3. The molecule has 4 atom stereocenters. The highest BCUT2D eigenvalue weighted by Gasteiger charge is 2.42. The van der Waals surface area contributed by atoms with E-state index in [1.54, 1.807) is 11.8 Å². The standard InChI is InChI=1S/C16H22N2OS/c1-10(11-3-6-13(20-2)7-4-11)17-16(19)14-9-12-5-8-15(14)18-12/h3-4,6-7,10,12,14-15,18H,5,8-9H2,1-2H3,(H,17,19). The van der Waals surface area contributed by atoms with Crippen molar-refractivity contribution in [3.8, 4) is 0 Å². The topological polar surface area (TPSA) is 41.1 Å². The molecule has 2 bridgehead atoms. The third-order valence-corrected chi connectivity index (χ3v) is 5.35. The Labute approximate surface area is 124 Å². The first-order valence-corrected chi connectivity index (χ1v) is 8.60. The fourth-order valence-electron chi connectivity index (χ4n) is 3.41. The molecule has 0 aliphatic carbocycles. The molecule has 0 radical (unpaired) electrons. The number of benzene rings is 1. The Kier molecular flexibility index (Phi) is 4.03. The number of hydrogen-bond donors (Lipinski definition) is 2. The normalized spacial score (nSPS) is 29.4. The highest BCUT2D eigenvalue weighted by atomic mass is 32.2. The van der Waals surface area contributed by atoms with Crippen molar-refractivity contribution >= 4 is 17.7 Å². The molecule has 4 unspecified atom stereocenters. The highest BCUT2D eigenvalue weighted by molar-refractivity contribution is 7.98. The van der Waals surface area contributed by atoms with Gasteiger partial charge in [0.25, 0.3) is 0 Å². The highest BCUT2D eigenvalue weighted by Crippen LogP contribution is 2.33. The second-order valence-electron chi connectivity index (χ2n) is 5.89. The maximum atomic E-state index is 12.4. The molecule has 1 aromatic carbocycles. The summed E-state index contributed by atoms with van der Waals surface area (Å²) >= 11 is 1.74. The van der Waals surface area contributed by atoms with Crippen LogP contribution in [0.3, 0.4) is 0 Å². The molecule has 0 saturated carbocycles. The number of carbonyl (C=O) groups excluding carboxylic acids is 1. The van der Waals surface area contributed by atoms with Crippen molar-refractivity contribution in [3.63, 3.8) is 0 Å². The molecule has 3 rings (SSSR count). The summed E-state index contributed by atoms with van der Waals surface area (Å²) in [5, 5.41) is 6.70. The Bertz CT molecular complexity index is 488. The summed E-state index contributed by atoms with van der Waals surface area (Å²) in [5.41, 5.74) is 1.17. The van der Waals surface area contributed by atoms with Crippen LogP contribution in [-0.4, -0.2) is 24.2 Å². The minimum Gasteiger partial charge on any atom is -0.349 e. The van der Waals surface area contributed by atoms with Crippen molar-refractivity contribution in [3.05, 3.63) is 29.8 Å². The van der Waals surface area contributed by atoms with E-state index in [2.05, 4.69) is 48.1 Å². The second kappa shape index (κ2) is 5.78. The van der Waals surface area contributed by atoms with Crippen molar-refractivity contribution in [2.45, 2.75) is 49.2 Å². The summed E-state index contributed by atoms with van der Waals surface area (Å²) < 4.78 is 0. The maximum Gasteiger partial charge on any atom is 0.225 e. The third-order valence-electron chi connectivity index (χ3n) is 4.61. The number of nitrogens with one attached hydrogen (secondary N) is 2. The Hall–Kier alpha value is -1.00. The first kappa shape index (κ1) is 14.0. The van der Waals surface area contributed by atoms with E-state index in [1.807, 2.05) is 0 Å². The lowest BCUT2D eigenvalue weighted by Crippen LogP contribution is -2.38. The summed E-state index contributed by atoms with van der Waals surface area (Å²) in [6, 6.07) is 9.50. The summed E-state index contributed by atoms with van der Waals surface area (Å²) in [5.74, 6) is 0.382. The van der Waals surface area contributed by atoms with Crippen LogP contribution >= 0.6 is 11.8 Å². The molecule has 2 fully saturated rings. The van der Waals surface area contributed by atoms with Crippen molar-refractivity contribution in [2.24, 2.45) is 5.92 Å². The summed E-state index contributed by atoms with van der Waals surface area (Å²) in [4.78, 5) is 13.6. The fraction of sp³-hybridized carbons (Fsp3) is 0.562. The minimum atomic E-state index is 0.0810. The van der Waals surface area contributed by atoms with Gasteiger partial charge in [0.05, 0.1) is 12.0 Å². The molecule has 4 heteroatoms. The quantitative estimate of drug-likeness (QED) is 0.838. The van der Waals surface area contributed by atoms with E-state index in [0.717, 1.165) is 12.8 Å². The van der Waals surface area contributed by atoms with Crippen molar-refractivity contribution in [1.82, 2.24) is 10.6 Å². The molecule has 3 nitrogen and oxygen atoms in total. The lowest BCUT2D eigenvalue weighted by Gasteiger charge is -2.22. The molecule has 20 heavy (non-hydrogen) atoms. The Morgan fingerprint density at radius 3 is 2.65 bits per heavy atom. The van der Waals surface area contributed by atoms with Crippen molar-refractivity contribution < 1.29 is 4.79 Å². The fourth-order valence-corrected chi connectivity index (χ4v) is 3.82. The average Bonchev–Trinajstić information content (AvgIpc) is 3.10. The van der Waals surface area contributed by atoms with Crippen molar-refractivity contribution in [1.29, 1.82) is 0 Å². The zero-order valence-electron chi connectivity index (χ0n) is 12.1. The van der Waals surface area contributed by atoms with E-state index in [4.69, 9.17) is 0 Å². The van der Waals surface area contributed by atoms with Gasteiger partial charge >= 0.3 is 0 Å². The number of amides is 1. The van der Waals surface area contributed by atoms with Crippen molar-refractivity contribution in [2.75, 3.05) is 6.26 Å². The smallest absolute Gasteiger partial charge is 0.225 e. The van der Waals surface area contributed by atoms with Gasteiger partial charge in [0, 0.05) is 17.0 Å². The molecule has 2 aliphatic rings. The second-order valence-corrected chi connectivity index (χ2v) is 6.77. The van der Waals surface area contributed by atoms with Gasteiger partial charge < -0.3 is 10.6 Å². The predicted octanol–water partition coefficient (Wildman–Crippen LogP) is 2.73. The predicted molar refractivity (Wildman–Crippen MR) is 82.8 cm³/mol. The van der Waals surface area contributed by atoms with Gasteiger partial charge in [-0.1, -0.05) is 12.1 Å². The van der Waals surface area contributed by atoms with Crippen LogP contribution < -0.4 is 10.6 Å². The molecule has 108 valence electrons. The molecular weight excluding hydrogens is 268 g/mol. The van der Waals surface area contributed by atoms with Crippen LogP contribution in [0.5, 0.6) is 0 Å². The molecule has 2 heterocycles. The molecule has 1 amide bonds. The van der Waals surface area contributed by atoms with E-state index in [-0.39, 0.29) is 17.9 Å². The van der Waals surface area contributed by atoms with Gasteiger partial charge in [0.15, 0.2) is 0 Å². The van der Waals surface area contributed by atoms with Crippen LogP contribution in [0.1, 0.15) is 37.8 Å². The summed E-state index contributed by atoms with van der Waals surface area (Å²) in [6.07, 6.45) is 5.47. The Balaban J connectivity index is 1.60. The van der Waals surface area contributed by atoms with Crippen LogP contribution in [0.25, 0.3) is 0 Å². The Morgan fingerprint density at radius 2 is 2.10 bits per heavy atom. The van der Waals surface area contributed by atoms with Crippen LogP contribution in [0.2, 0.25) is 0 Å². The molecule has 2 aliphatic heterocycles. The van der Waals surface area contributed by atoms with E-state index in [9.17, 15) is 4.79 Å². The molecule has 0 aromatic heterocycles. The number of carbonyl (C=O) groups is 1. The van der Waals surface area contributed by atoms with E-state index >= 15 is 0 Å². The van der Waals surface area contributed by atoms with Gasteiger partial charge in [-0.3, -0.25) is 4.79 Å². The van der Waals surface area contributed by atoms with Gasteiger partial charge in [-0.25, -0.2) is 0 Å². The number of fused-ring (bicyclic) bond motifs is 2. The minimum absolute atomic E-state index is 0.0810. The first-order chi connectivity index (χ1) is 9.67. The largest absolute Gasteiger partial charge is 0.349 e. The van der Waals surface area contributed by atoms with Gasteiger partial charge in [-0.2, -0.15) is 0 Å². The third kappa shape index (κ3) is 2.72. The van der Waals surface area contributed by atoms with E-state index in [1.165, 1.54) is 16.9 Å². The van der Waals surface area contributed by atoms with E-state index < -0.39 is 0 Å². The maximum absolute atomic E-state index is 12.4. The molecule has 2 saturated heterocycles. The van der Waals surface area contributed by atoms with Crippen LogP contribution in [0.15, 0.2) is 29.2 Å². The zero-order valence-corrected chi connectivity index (χ0v) is 12.9. The molecule has 1 aromatic rings. The lowest BCUT2D eigenvalue weighted by molar-refractivity contribution is -0.126. The number of rotatable bonds is 4. The lowest BCUT2D eigenvalue weighted by atomic mass is 9.88. The van der Waals surface area contributed by atoms with E-state index in [0.29, 0.717) is 12.1 Å².